The van der Waals surface area contributed by atoms with Crippen LogP contribution in [0.3, 0.4) is 0 Å². The molecule has 6 heteroatoms. The standard InChI is InChI=1S/C18H23N3O3/c1-4-11-19(3)16(23)12-20-17(24)13-7-5-6-8-14(13)21-15(22)9-10-18(20,21)2/h5-8H,4,9-12H2,1-3H3/t18-/m0/s1. The lowest BCUT2D eigenvalue weighted by Crippen LogP contribution is -2.63. The van der Waals surface area contributed by atoms with Crippen LogP contribution in [-0.4, -0.2) is 53.3 Å². The highest BCUT2D eigenvalue weighted by molar-refractivity contribution is 6.11. The molecule has 3 rings (SSSR count). The number of rotatable bonds is 4. The average molecular weight is 329 g/mol. The monoisotopic (exact) mass is 329 g/mol. The normalized spacial score (nSPS) is 22.5. The molecule has 1 fully saturated rings. The number of hydrogen-bond acceptors (Lipinski definition) is 3. The van der Waals surface area contributed by atoms with E-state index in [0.29, 0.717) is 30.6 Å². The molecule has 6 nitrogen and oxygen atoms in total. The second-order valence-electron chi connectivity index (χ2n) is 6.67. The third-order valence-electron chi connectivity index (χ3n) is 5.02. The van der Waals surface area contributed by atoms with Gasteiger partial charge in [-0.25, -0.2) is 0 Å². The fraction of sp³-hybridized carbons (Fsp3) is 0.500. The first-order chi connectivity index (χ1) is 11.4. The third kappa shape index (κ3) is 2.37. The van der Waals surface area contributed by atoms with Crippen molar-refractivity contribution >= 4 is 23.4 Å². The van der Waals surface area contributed by atoms with Crippen LogP contribution in [-0.2, 0) is 9.59 Å². The summed E-state index contributed by atoms with van der Waals surface area (Å²) >= 11 is 0. The Balaban J connectivity index is 1.99. The Morgan fingerprint density at radius 1 is 1.29 bits per heavy atom. The predicted molar refractivity (Wildman–Crippen MR) is 90.5 cm³/mol. The van der Waals surface area contributed by atoms with E-state index in [9.17, 15) is 14.4 Å². The summed E-state index contributed by atoms with van der Waals surface area (Å²) in [5.74, 6) is -0.292. The molecule has 1 atom stereocenters. The highest BCUT2D eigenvalue weighted by Gasteiger charge is 2.53. The van der Waals surface area contributed by atoms with E-state index >= 15 is 0 Å². The molecule has 24 heavy (non-hydrogen) atoms. The van der Waals surface area contributed by atoms with Gasteiger partial charge in [0.25, 0.3) is 5.91 Å². The number of carbonyl (C=O) groups excluding carboxylic acids is 3. The first kappa shape index (κ1) is 16.5. The van der Waals surface area contributed by atoms with Crippen molar-refractivity contribution in [3.63, 3.8) is 0 Å². The fourth-order valence-corrected chi connectivity index (χ4v) is 3.66. The summed E-state index contributed by atoms with van der Waals surface area (Å²) in [5, 5.41) is 0. The summed E-state index contributed by atoms with van der Waals surface area (Å²) in [6.45, 7) is 4.52. The van der Waals surface area contributed by atoms with Crippen molar-refractivity contribution in [1.82, 2.24) is 9.80 Å². The van der Waals surface area contributed by atoms with Gasteiger partial charge in [0.15, 0.2) is 0 Å². The first-order valence-corrected chi connectivity index (χ1v) is 8.38. The van der Waals surface area contributed by atoms with Gasteiger partial charge in [-0.05, 0) is 31.9 Å². The van der Waals surface area contributed by atoms with Gasteiger partial charge in [0, 0.05) is 20.0 Å². The van der Waals surface area contributed by atoms with Crippen molar-refractivity contribution in [2.24, 2.45) is 0 Å². The van der Waals surface area contributed by atoms with Crippen LogP contribution in [0.25, 0.3) is 0 Å². The van der Waals surface area contributed by atoms with E-state index in [1.807, 2.05) is 19.9 Å². The zero-order chi connectivity index (χ0) is 17.5. The van der Waals surface area contributed by atoms with E-state index < -0.39 is 5.66 Å². The summed E-state index contributed by atoms with van der Waals surface area (Å²) in [4.78, 5) is 42.8. The van der Waals surface area contributed by atoms with Crippen molar-refractivity contribution in [1.29, 1.82) is 0 Å². The van der Waals surface area contributed by atoms with Crippen molar-refractivity contribution in [2.75, 3.05) is 25.0 Å². The van der Waals surface area contributed by atoms with E-state index in [2.05, 4.69) is 0 Å². The Kier molecular flexibility index (Phi) is 4.07. The van der Waals surface area contributed by atoms with Crippen molar-refractivity contribution in [3.8, 4) is 0 Å². The minimum absolute atomic E-state index is 0.00295. The highest BCUT2D eigenvalue weighted by Crippen LogP contribution is 2.43. The van der Waals surface area contributed by atoms with Crippen LogP contribution in [0.5, 0.6) is 0 Å². The molecule has 0 saturated carbocycles. The number of carbonyl (C=O) groups is 3. The summed E-state index contributed by atoms with van der Waals surface area (Å²) in [6.07, 6.45) is 1.78. The van der Waals surface area contributed by atoms with Gasteiger partial charge in [-0.15, -0.1) is 0 Å². The SMILES string of the molecule is CCCN(C)C(=O)CN1C(=O)c2ccccc2N2C(=O)CC[C@@]12C. The Morgan fingerprint density at radius 2 is 2.00 bits per heavy atom. The summed E-state index contributed by atoms with van der Waals surface area (Å²) in [7, 11) is 1.74. The van der Waals surface area contributed by atoms with Crippen LogP contribution in [0.4, 0.5) is 5.69 Å². The molecule has 1 aromatic carbocycles. The molecule has 0 bridgehead atoms. The number of fused-ring (bicyclic) bond motifs is 3. The minimum atomic E-state index is -0.773. The van der Waals surface area contributed by atoms with E-state index in [4.69, 9.17) is 0 Å². The molecule has 3 amide bonds. The van der Waals surface area contributed by atoms with Crippen molar-refractivity contribution < 1.29 is 14.4 Å². The highest BCUT2D eigenvalue weighted by atomic mass is 16.2. The van der Waals surface area contributed by atoms with Crippen molar-refractivity contribution in [2.45, 2.75) is 38.8 Å². The van der Waals surface area contributed by atoms with E-state index in [-0.39, 0.29) is 24.3 Å². The van der Waals surface area contributed by atoms with Crippen LogP contribution in [0, 0.1) is 0 Å². The lowest BCUT2D eigenvalue weighted by atomic mass is 9.98. The molecule has 0 N–H and O–H groups in total. The molecule has 2 aliphatic rings. The number of likely N-dealkylation sites (N-methyl/N-ethyl adjacent to an activating group) is 1. The van der Waals surface area contributed by atoms with Gasteiger partial charge in [-0.3, -0.25) is 19.3 Å². The van der Waals surface area contributed by atoms with Gasteiger partial charge in [-0.2, -0.15) is 0 Å². The van der Waals surface area contributed by atoms with Gasteiger partial charge < -0.3 is 9.80 Å². The largest absolute Gasteiger partial charge is 0.344 e. The molecule has 1 saturated heterocycles. The molecule has 0 spiro atoms. The van der Waals surface area contributed by atoms with Crippen LogP contribution in [0.15, 0.2) is 24.3 Å². The second kappa shape index (κ2) is 5.92. The fourth-order valence-electron chi connectivity index (χ4n) is 3.66. The summed E-state index contributed by atoms with van der Waals surface area (Å²) in [6, 6.07) is 7.13. The topological polar surface area (TPSA) is 60.9 Å². The molecular weight excluding hydrogens is 306 g/mol. The first-order valence-electron chi connectivity index (χ1n) is 8.38. The Bertz CT molecular complexity index is 703. The number of nitrogens with zero attached hydrogens (tertiary/aromatic N) is 3. The molecule has 128 valence electrons. The zero-order valence-corrected chi connectivity index (χ0v) is 14.4. The molecule has 1 aromatic rings. The lowest BCUT2D eigenvalue weighted by Gasteiger charge is -2.48. The summed E-state index contributed by atoms with van der Waals surface area (Å²) in [5.41, 5.74) is 0.361. The third-order valence-corrected chi connectivity index (χ3v) is 5.02. The van der Waals surface area contributed by atoms with Crippen LogP contribution in [0.1, 0.15) is 43.5 Å². The van der Waals surface area contributed by atoms with Gasteiger partial charge in [0.2, 0.25) is 11.8 Å². The smallest absolute Gasteiger partial charge is 0.258 e. The Morgan fingerprint density at radius 3 is 2.71 bits per heavy atom. The van der Waals surface area contributed by atoms with Gasteiger partial charge in [0.1, 0.15) is 12.2 Å². The lowest BCUT2D eigenvalue weighted by molar-refractivity contribution is -0.132. The Hall–Kier alpha value is -2.37. The van der Waals surface area contributed by atoms with Gasteiger partial charge in [-0.1, -0.05) is 19.1 Å². The molecule has 0 aromatic heterocycles. The van der Waals surface area contributed by atoms with Crippen LogP contribution >= 0.6 is 0 Å². The average Bonchev–Trinajstić information content (AvgIpc) is 2.87. The maximum atomic E-state index is 13.0. The van der Waals surface area contributed by atoms with Crippen LogP contribution in [0.2, 0.25) is 0 Å². The van der Waals surface area contributed by atoms with Gasteiger partial charge in [0.05, 0.1) is 11.3 Å². The number of anilines is 1. The van der Waals surface area contributed by atoms with Crippen molar-refractivity contribution in [3.05, 3.63) is 29.8 Å². The predicted octanol–water partition coefficient (Wildman–Crippen LogP) is 1.85. The maximum Gasteiger partial charge on any atom is 0.258 e. The Labute approximate surface area is 142 Å². The van der Waals surface area contributed by atoms with E-state index in [0.717, 1.165) is 6.42 Å². The number of hydrogen-bond donors (Lipinski definition) is 0. The minimum Gasteiger partial charge on any atom is -0.344 e. The maximum absolute atomic E-state index is 13.0. The quantitative estimate of drug-likeness (QED) is 0.847. The molecule has 0 unspecified atom stereocenters. The number of benzene rings is 1. The molecular formula is C18H23N3O3. The molecule has 2 aliphatic heterocycles. The second-order valence-corrected chi connectivity index (χ2v) is 6.67. The molecule has 2 heterocycles. The number of amides is 3. The van der Waals surface area contributed by atoms with E-state index in [1.54, 1.807) is 39.9 Å². The summed E-state index contributed by atoms with van der Waals surface area (Å²) < 4.78 is 0. The van der Waals surface area contributed by atoms with Gasteiger partial charge >= 0.3 is 0 Å². The zero-order valence-electron chi connectivity index (χ0n) is 14.4. The molecule has 0 aliphatic carbocycles. The van der Waals surface area contributed by atoms with Crippen LogP contribution < -0.4 is 4.90 Å². The van der Waals surface area contributed by atoms with E-state index in [1.165, 1.54) is 0 Å². The number of para-hydroxylation sites is 1. The molecule has 0 radical (unpaired) electrons.